The van der Waals surface area contributed by atoms with Gasteiger partial charge < -0.3 is 10.8 Å². The third kappa shape index (κ3) is 3.07. The SMILES string of the molecule is CC(C)c1cccc([C@](C)(N)CC(=O)O)c1. The maximum atomic E-state index is 10.7. The second-order valence-corrected chi connectivity index (χ2v) is 4.77. The van der Waals surface area contributed by atoms with E-state index in [2.05, 4.69) is 13.8 Å². The Morgan fingerprint density at radius 3 is 2.62 bits per heavy atom. The third-order valence-electron chi connectivity index (χ3n) is 2.73. The van der Waals surface area contributed by atoms with Crippen LogP contribution in [0.3, 0.4) is 0 Å². The van der Waals surface area contributed by atoms with E-state index < -0.39 is 11.5 Å². The summed E-state index contributed by atoms with van der Waals surface area (Å²) in [6, 6.07) is 7.84. The molecule has 1 aromatic rings. The lowest BCUT2D eigenvalue weighted by Crippen LogP contribution is -2.35. The van der Waals surface area contributed by atoms with Gasteiger partial charge in [-0.3, -0.25) is 4.79 Å². The lowest BCUT2D eigenvalue weighted by Gasteiger charge is -2.24. The van der Waals surface area contributed by atoms with Crippen molar-refractivity contribution in [2.45, 2.75) is 38.6 Å². The molecular formula is C13H19NO2. The molecule has 0 bridgehead atoms. The van der Waals surface area contributed by atoms with Crippen LogP contribution in [0.5, 0.6) is 0 Å². The molecule has 0 saturated heterocycles. The van der Waals surface area contributed by atoms with E-state index in [4.69, 9.17) is 10.8 Å². The molecule has 0 heterocycles. The van der Waals surface area contributed by atoms with Gasteiger partial charge in [-0.2, -0.15) is 0 Å². The molecule has 1 aromatic carbocycles. The number of rotatable bonds is 4. The Bertz CT molecular complexity index is 383. The molecule has 3 N–H and O–H groups in total. The number of carbonyl (C=O) groups is 1. The summed E-state index contributed by atoms with van der Waals surface area (Å²) in [6.45, 7) is 5.95. The van der Waals surface area contributed by atoms with Crippen LogP contribution in [-0.4, -0.2) is 11.1 Å². The van der Waals surface area contributed by atoms with Gasteiger partial charge in [0.2, 0.25) is 0 Å². The first-order valence-corrected chi connectivity index (χ1v) is 5.44. The van der Waals surface area contributed by atoms with Crippen LogP contribution in [0, 0.1) is 0 Å². The number of nitrogens with two attached hydrogens (primary N) is 1. The van der Waals surface area contributed by atoms with Crippen molar-refractivity contribution in [1.29, 1.82) is 0 Å². The van der Waals surface area contributed by atoms with Crippen LogP contribution >= 0.6 is 0 Å². The topological polar surface area (TPSA) is 63.3 Å². The molecule has 0 saturated carbocycles. The minimum atomic E-state index is -0.875. The van der Waals surface area contributed by atoms with Gasteiger partial charge in [0.25, 0.3) is 0 Å². The van der Waals surface area contributed by atoms with Crippen LogP contribution in [0.15, 0.2) is 24.3 Å². The maximum Gasteiger partial charge on any atom is 0.305 e. The monoisotopic (exact) mass is 221 g/mol. The highest BCUT2D eigenvalue weighted by Crippen LogP contribution is 2.25. The minimum Gasteiger partial charge on any atom is -0.481 e. The smallest absolute Gasteiger partial charge is 0.305 e. The second-order valence-electron chi connectivity index (χ2n) is 4.77. The van der Waals surface area contributed by atoms with E-state index in [1.54, 1.807) is 6.92 Å². The minimum absolute atomic E-state index is 0.0610. The zero-order valence-electron chi connectivity index (χ0n) is 10.0. The standard InChI is InChI=1S/C13H19NO2/c1-9(2)10-5-4-6-11(7-10)13(3,14)8-12(15)16/h4-7,9H,8,14H2,1-3H3,(H,15,16)/t13-/m1/s1. The summed E-state index contributed by atoms with van der Waals surface area (Å²) in [5, 5.41) is 8.81. The Morgan fingerprint density at radius 1 is 1.50 bits per heavy atom. The van der Waals surface area contributed by atoms with Gasteiger partial charge >= 0.3 is 5.97 Å². The maximum absolute atomic E-state index is 10.7. The van der Waals surface area contributed by atoms with Crippen molar-refractivity contribution >= 4 is 5.97 Å². The average molecular weight is 221 g/mol. The molecule has 0 spiro atoms. The predicted octanol–water partition coefficient (Wildman–Crippen LogP) is 2.46. The van der Waals surface area contributed by atoms with Gasteiger partial charge in [0, 0.05) is 5.54 Å². The fraction of sp³-hybridized carbons (Fsp3) is 0.462. The Balaban J connectivity index is 3.03. The van der Waals surface area contributed by atoms with Crippen molar-refractivity contribution < 1.29 is 9.90 Å². The van der Waals surface area contributed by atoms with Gasteiger partial charge in [0.1, 0.15) is 0 Å². The lowest BCUT2D eigenvalue weighted by atomic mass is 9.87. The van der Waals surface area contributed by atoms with E-state index in [1.807, 2.05) is 24.3 Å². The zero-order chi connectivity index (χ0) is 12.3. The highest BCUT2D eigenvalue weighted by Gasteiger charge is 2.24. The highest BCUT2D eigenvalue weighted by atomic mass is 16.4. The molecule has 0 aliphatic rings. The number of carboxylic acid groups (broad SMARTS) is 1. The van der Waals surface area contributed by atoms with Crippen molar-refractivity contribution in [3.8, 4) is 0 Å². The first-order chi connectivity index (χ1) is 7.33. The Morgan fingerprint density at radius 2 is 2.12 bits per heavy atom. The largest absolute Gasteiger partial charge is 0.481 e. The normalized spacial score (nSPS) is 14.8. The van der Waals surface area contributed by atoms with Gasteiger partial charge in [-0.05, 0) is 24.0 Å². The highest BCUT2D eigenvalue weighted by molar-refractivity contribution is 5.68. The van der Waals surface area contributed by atoms with E-state index in [-0.39, 0.29) is 6.42 Å². The van der Waals surface area contributed by atoms with Gasteiger partial charge in [0.05, 0.1) is 6.42 Å². The fourth-order valence-electron chi connectivity index (χ4n) is 1.67. The molecule has 3 nitrogen and oxygen atoms in total. The number of hydrogen-bond donors (Lipinski definition) is 2. The van der Waals surface area contributed by atoms with Crippen LogP contribution in [0.25, 0.3) is 0 Å². The van der Waals surface area contributed by atoms with Crippen molar-refractivity contribution in [3.63, 3.8) is 0 Å². The van der Waals surface area contributed by atoms with Gasteiger partial charge in [-0.25, -0.2) is 0 Å². The quantitative estimate of drug-likeness (QED) is 0.820. The molecule has 0 aliphatic heterocycles. The molecule has 0 amide bonds. The summed E-state index contributed by atoms with van der Waals surface area (Å²) in [5.41, 5.74) is 7.27. The van der Waals surface area contributed by atoms with Crippen molar-refractivity contribution in [2.24, 2.45) is 5.73 Å². The molecule has 88 valence electrons. The second kappa shape index (κ2) is 4.66. The van der Waals surface area contributed by atoms with Gasteiger partial charge in [0.15, 0.2) is 0 Å². The lowest BCUT2D eigenvalue weighted by molar-refractivity contribution is -0.138. The van der Waals surface area contributed by atoms with Crippen molar-refractivity contribution in [3.05, 3.63) is 35.4 Å². The summed E-state index contributed by atoms with van der Waals surface area (Å²) in [7, 11) is 0. The molecule has 0 aromatic heterocycles. The van der Waals surface area contributed by atoms with Gasteiger partial charge in [-0.15, -0.1) is 0 Å². The number of carboxylic acids is 1. The molecule has 1 atom stereocenters. The van der Waals surface area contributed by atoms with E-state index in [1.165, 1.54) is 5.56 Å². The summed E-state index contributed by atoms with van der Waals surface area (Å²) in [5.74, 6) is -0.458. The fourth-order valence-corrected chi connectivity index (χ4v) is 1.67. The molecule has 0 radical (unpaired) electrons. The molecule has 0 fully saturated rings. The molecule has 0 unspecified atom stereocenters. The Labute approximate surface area is 96.3 Å². The third-order valence-corrected chi connectivity index (χ3v) is 2.73. The summed E-state index contributed by atoms with van der Waals surface area (Å²) < 4.78 is 0. The van der Waals surface area contributed by atoms with Crippen LogP contribution in [0.4, 0.5) is 0 Å². The van der Waals surface area contributed by atoms with Crippen molar-refractivity contribution in [2.75, 3.05) is 0 Å². The molecule has 3 heteroatoms. The Hall–Kier alpha value is -1.35. The number of hydrogen-bond acceptors (Lipinski definition) is 2. The number of benzene rings is 1. The first-order valence-electron chi connectivity index (χ1n) is 5.44. The van der Waals surface area contributed by atoms with E-state index in [9.17, 15) is 4.79 Å². The van der Waals surface area contributed by atoms with Crippen LogP contribution < -0.4 is 5.73 Å². The van der Waals surface area contributed by atoms with Crippen LogP contribution in [-0.2, 0) is 10.3 Å². The molecule has 0 aliphatic carbocycles. The molecule has 16 heavy (non-hydrogen) atoms. The van der Waals surface area contributed by atoms with Gasteiger partial charge in [-0.1, -0.05) is 38.1 Å². The molecular weight excluding hydrogens is 202 g/mol. The average Bonchev–Trinajstić information content (AvgIpc) is 2.16. The summed E-state index contributed by atoms with van der Waals surface area (Å²) in [6.07, 6.45) is -0.0610. The molecule has 1 rings (SSSR count). The van der Waals surface area contributed by atoms with E-state index >= 15 is 0 Å². The zero-order valence-corrected chi connectivity index (χ0v) is 10.0. The van der Waals surface area contributed by atoms with E-state index in [0.29, 0.717) is 5.92 Å². The van der Waals surface area contributed by atoms with Crippen LogP contribution in [0.2, 0.25) is 0 Å². The Kier molecular flexibility index (Phi) is 3.70. The summed E-state index contributed by atoms with van der Waals surface area (Å²) >= 11 is 0. The van der Waals surface area contributed by atoms with E-state index in [0.717, 1.165) is 5.56 Å². The summed E-state index contributed by atoms with van der Waals surface area (Å²) in [4.78, 5) is 10.7. The predicted molar refractivity (Wildman–Crippen MR) is 64.3 cm³/mol. The van der Waals surface area contributed by atoms with Crippen LogP contribution in [0.1, 0.15) is 44.2 Å². The first kappa shape index (κ1) is 12.7. The number of aliphatic carboxylic acids is 1. The van der Waals surface area contributed by atoms with Crippen molar-refractivity contribution in [1.82, 2.24) is 0 Å².